The molecular weight excluding hydrogens is 276 g/mol. The maximum Gasteiger partial charge on any atom is 0.215 e. The second-order valence-corrected chi connectivity index (χ2v) is 6.81. The zero-order valence-electron chi connectivity index (χ0n) is 12.3. The molecule has 0 heterocycles. The molecule has 0 amide bonds. The standard InChI is InChI=1S/C14H24N2O3S/c1-4-14(15,5-2)11-16-20(17,18)10-12-7-6-8-13(9-12)19-3/h6-9,16H,4-5,10-11,15H2,1-3H3. The topological polar surface area (TPSA) is 81.4 Å². The number of nitrogens with one attached hydrogen (secondary N) is 1. The predicted molar refractivity (Wildman–Crippen MR) is 81.1 cm³/mol. The second-order valence-electron chi connectivity index (χ2n) is 5.00. The highest BCUT2D eigenvalue weighted by Gasteiger charge is 2.23. The van der Waals surface area contributed by atoms with Crippen molar-refractivity contribution in [2.75, 3.05) is 13.7 Å². The number of methoxy groups -OCH3 is 1. The van der Waals surface area contributed by atoms with Gasteiger partial charge >= 0.3 is 0 Å². The Balaban J connectivity index is 2.70. The van der Waals surface area contributed by atoms with Crippen LogP contribution in [-0.2, 0) is 15.8 Å². The first kappa shape index (κ1) is 16.9. The Morgan fingerprint density at radius 1 is 1.30 bits per heavy atom. The van der Waals surface area contributed by atoms with E-state index < -0.39 is 15.6 Å². The van der Waals surface area contributed by atoms with Gasteiger partial charge in [-0.05, 0) is 30.5 Å². The Bertz CT molecular complexity index is 525. The van der Waals surface area contributed by atoms with E-state index in [-0.39, 0.29) is 12.3 Å². The number of rotatable bonds is 8. The van der Waals surface area contributed by atoms with Gasteiger partial charge in [-0.3, -0.25) is 0 Å². The molecular formula is C14H24N2O3S. The van der Waals surface area contributed by atoms with Crippen LogP contribution in [0.3, 0.4) is 0 Å². The third kappa shape index (κ3) is 5.11. The molecule has 0 atom stereocenters. The Morgan fingerprint density at radius 2 is 1.95 bits per heavy atom. The average molecular weight is 300 g/mol. The summed E-state index contributed by atoms with van der Waals surface area (Å²) in [5.74, 6) is 0.571. The quantitative estimate of drug-likeness (QED) is 0.764. The summed E-state index contributed by atoms with van der Waals surface area (Å²) in [5, 5.41) is 0. The second kappa shape index (κ2) is 7.06. The summed E-state index contributed by atoms with van der Waals surface area (Å²) >= 11 is 0. The third-order valence-electron chi connectivity index (χ3n) is 3.54. The maximum atomic E-state index is 12.1. The molecule has 0 aliphatic carbocycles. The number of nitrogens with two attached hydrogens (primary N) is 1. The predicted octanol–water partition coefficient (Wildman–Crippen LogP) is 1.63. The maximum absolute atomic E-state index is 12.1. The molecule has 3 N–H and O–H groups in total. The lowest BCUT2D eigenvalue weighted by atomic mass is 9.95. The molecule has 0 aromatic heterocycles. The first-order valence-corrected chi connectivity index (χ1v) is 8.38. The summed E-state index contributed by atoms with van der Waals surface area (Å²) < 4.78 is 31.8. The first-order chi connectivity index (χ1) is 9.34. The number of hydrogen-bond donors (Lipinski definition) is 2. The van der Waals surface area contributed by atoms with Crippen LogP contribution in [0.4, 0.5) is 0 Å². The van der Waals surface area contributed by atoms with E-state index in [0.717, 1.165) is 12.8 Å². The average Bonchev–Trinajstić information content (AvgIpc) is 2.44. The van der Waals surface area contributed by atoms with Crippen LogP contribution in [0.15, 0.2) is 24.3 Å². The number of benzene rings is 1. The van der Waals surface area contributed by atoms with Gasteiger partial charge in [0.25, 0.3) is 0 Å². The van der Waals surface area contributed by atoms with Gasteiger partial charge in [0.05, 0.1) is 12.9 Å². The SMILES string of the molecule is CCC(N)(CC)CNS(=O)(=O)Cc1cccc(OC)c1. The molecule has 20 heavy (non-hydrogen) atoms. The summed E-state index contributed by atoms with van der Waals surface area (Å²) in [6.07, 6.45) is 1.45. The smallest absolute Gasteiger partial charge is 0.215 e. The molecule has 0 radical (unpaired) electrons. The molecule has 0 fully saturated rings. The molecule has 0 bridgehead atoms. The fourth-order valence-electron chi connectivity index (χ4n) is 1.79. The summed E-state index contributed by atoms with van der Waals surface area (Å²) in [7, 11) is -1.85. The fraction of sp³-hybridized carbons (Fsp3) is 0.571. The zero-order chi connectivity index (χ0) is 15.2. The zero-order valence-corrected chi connectivity index (χ0v) is 13.2. The van der Waals surface area contributed by atoms with Gasteiger partial charge in [0.2, 0.25) is 10.0 Å². The minimum atomic E-state index is -3.40. The summed E-state index contributed by atoms with van der Waals surface area (Å²) in [5.41, 5.74) is 6.30. The highest BCUT2D eigenvalue weighted by Crippen LogP contribution is 2.15. The van der Waals surface area contributed by atoms with Gasteiger partial charge in [0, 0.05) is 12.1 Å². The van der Waals surface area contributed by atoms with Crippen LogP contribution in [0.1, 0.15) is 32.3 Å². The molecule has 1 aromatic carbocycles. The van der Waals surface area contributed by atoms with Crippen LogP contribution >= 0.6 is 0 Å². The molecule has 6 heteroatoms. The molecule has 1 aromatic rings. The van der Waals surface area contributed by atoms with Crippen molar-refractivity contribution in [2.24, 2.45) is 5.73 Å². The van der Waals surface area contributed by atoms with Crippen molar-refractivity contribution in [3.05, 3.63) is 29.8 Å². The van der Waals surface area contributed by atoms with Crippen molar-refractivity contribution in [2.45, 2.75) is 38.0 Å². The number of ether oxygens (including phenoxy) is 1. The lowest BCUT2D eigenvalue weighted by Gasteiger charge is -2.26. The van der Waals surface area contributed by atoms with Gasteiger partial charge in [0.15, 0.2) is 0 Å². The van der Waals surface area contributed by atoms with E-state index in [2.05, 4.69) is 4.72 Å². The lowest BCUT2D eigenvalue weighted by Crippen LogP contribution is -2.49. The van der Waals surface area contributed by atoms with E-state index in [1.807, 2.05) is 13.8 Å². The molecule has 0 aliphatic heterocycles. The highest BCUT2D eigenvalue weighted by molar-refractivity contribution is 7.88. The van der Waals surface area contributed by atoms with Gasteiger partial charge in [-0.1, -0.05) is 26.0 Å². The van der Waals surface area contributed by atoms with Crippen molar-refractivity contribution >= 4 is 10.0 Å². The Labute approximate surface area is 121 Å². The molecule has 5 nitrogen and oxygen atoms in total. The van der Waals surface area contributed by atoms with E-state index in [4.69, 9.17) is 10.5 Å². The van der Waals surface area contributed by atoms with Crippen molar-refractivity contribution in [1.29, 1.82) is 0 Å². The Kier molecular flexibility index (Phi) is 5.98. The van der Waals surface area contributed by atoms with Gasteiger partial charge in [-0.2, -0.15) is 0 Å². The van der Waals surface area contributed by atoms with Crippen LogP contribution in [0.5, 0.6) is 5.75 Å². The molecule has 1 rings (SSSR count). The minimum Gasteiger partial charge on any atom is -0.497 e. The van der Waals surface area contributed by atoms with Gasteiger partial charge in [-0.25, -0.2) is 13.1 Å². The molecule has 0 saturated heterocycles. The van der Waals surface area contributed by atoms with E-state index in [1.54, 1.807) is 31.4 Å². The Morgan fingerprint density at radius 3 is 2.50 bits per heavy atom. The van der Waals surface area contributed by atoms with E-state index in [9.17, 15) is 8.42 Å². The first-order valence-electron chi connectivity index (χ1n) is 6.73. The summed E-state index contributed by atoms with van der Waals surface area (Å²) in [6, 6.07) is 7.03. The normalized spacial score (nSPS) is 12.4. The number of hydrogen-bond acceptors (Lipinski definition) is 4. The Hall–Kier alpha value is -1.11. The van der Waals surface area contributed by atoms with Crippen LogP contribution in [0.25, 0.3) is 0 Å². The van der Waals surface area contributed by atoms with E-state index >= 15 is 0 Å². The fourth-order valence-corrected chi connectivity index (χ4v) is 3.01. The van der Waals surface area contributed by atoms with Crippen molar-refractivity contribution < 1.29 is 13.2 Å². The van der Waals surface area contributed by atoms with Crippen molar-refractivity contribution in [1.82, 2.24) is 4.72 Å². The molecule has 0 spiro atoms. The molecule has 0 saturated carbocycles. The lowest BCUT2D eigenvalue weighted by molar-refractivity contribution is 0.391. The van der Waals surface area contributed by atoms with Crippen molar-refractivity contribution in [3.8, 4) is 5.75 Å². The van der Waals surface area contributed by atoms with Gasteiger partial charge in [0.1, 0.15) is 5.75 Å². The largest absolute Gasteiger partial charge is 0.497 e. The van der Waals surface area contributed by atoms with Crippen molar-refractivity contribution in [3.63, 3.8) is 0 Å². The molecule has 114 valence electrons. The van der Waals surface area contributed by atoms with E-state index in [1.165, 1.54) is 0 Å². The van der Waals surface area contributed by atoms with Crippen LogP contribution in [0.2, 0.25) is 0 Å². The third-order valence-corrected chi connectivity index (χ3v) is 4.84. The molecule has 0 aliphatic rings. The highest BCUT2D eigenvalue weighted by atomic mass is 32.2. The summed E-state index contributed by atoms with van der Waals surface area (Å²) in [6.45, 7) is 4.17. The van der Waals surface area contributed by atoms with E-state index in [0.29, 0.717) is 11.3 Å². The number of sulfonamides is 1. The minimum absolute atomic E-state index is 0.0757. The van der Waals surface area contributed by atoms with Crippen LogP contribution < -0.4 is 15.2 Å². The van der Waals surface area contributed by atoms with Gasteiger partial charge in [-0.15, -0.1) is 0 Å². The van der Waals surface area contributed by atoms with Crippen LogP contribution in [0, 0.1) is 0 Å². The monoisotopic (exact) mass is 300 g/mol. The summed E-state index contributed by atoms with van der Waals surface area (Å²) in [4.78, 5) is 0. The molecule has 0 unspecified atom stereocenters. The van der Waals surface area contributed by atoms with Crippen LogP contribution in [-0.4, -0.2) is 27.6 Å². The van der Waals surface area contributed by atoms with Gasteiger partial charge < -0.3 is 10.5 Å².